The van der Waals surface area contributed by atoms with E-state index in [0.29, 0.717) is 6.54 Å². The molecule has 0 aromatic rings. The summed E-state index contributed by atoms with van der Waals surface area (Å²) in [6.07, 6.45) is 7.73. The number of amides is 2. The van der Waals surface area contributed by atoms with Crippen LogP contribution in [0.15, 0.2) is 24.8 Å². The van der Waals surface area contributed by atoms with Crippen molar-refractivity contribution < 1.29 is 14.7 Å². The van der Waals surface area contributed by atoms with Crippen LogP contribution in [0, 0.1) is 28.6 Å². The van der Waals surface area contributed by atoms with Crippen molar-refractivity contribution in [1.82, 2.24) is 4.90 Å². The molecule has 1 saturated carbocycles. The van der Waals surface area contributed by atoms with Crippen molar-refractivity contribution in [2.75, 3.05) is 13.2 Å². The first-order chi connectivity index (χ1) is 9.85. The summed E-state index contributed by atoms with van der Waals surface area (Å²) >= 11 is 0. The zero-order chi connectivity index (χ0) is 15.4. The molecule has 0 aromatic carbocycles. The fraction of sp³-hybridized carbons (Fsp3) is 0.647. The first kappa shape index (κ1) is 14.5. The maximum absolute atomic E-state index is 12.8. The predicted molar refractivity (Wildman–Crippen MR) is 79.1 cm³/mol. The van der Waals surface area contributed by atoms with Gasteiger partial charge in [0.15, 0.2) is 0 Å². The van der Waals surface area contributed by atoms with Gasteiger partial charge >= 0.3 is 0 Å². The van der Waals surface area contributed by atoms with Gasteiger partial charge in [0, 0.05) is 24.0 Å². The van der Waals surface area contributed by atoms with Gasteiger partial charge in [0.2, 0.25) is 11.8 Å². The number of likely N-dealkylation sites (tertiary alicyclic amines) is 1. The van der Waals surface area contributed by atoms with Crippen LogP contribution in [0.25, 0.3) is 0 Å². The summed E-state index contributed by atoms with van der Waals surface area (Å²) in [5.74, 6) is -0.342. The van der Waals surface area contributed by atoms with Gasteiger partial charge in [-0.2, -0.15) is 0 Å². The van der Waals surface area contributed by atoms with Crippen LogP contribution in [0.3, 0.4) is 0 Å². The van der Waals surface area contributed by atoms with Gasteiger partial charge < -0.3 is 5.11 Å². The van der Waals surface area contributed by atoms with Crippen LogP contribution in [0.4, 0.5) is 0 Å². The first-order valence-corrected chi connectivity index (χ1v) is 7.61. The Balaban J connectivity index is 1.91. The standard InChI is InChI=1S/C17H23NO3/c1-4-6-17-7-5-11(8-17)12-13(17)15(21)18(14(12)20)9-16(2,3)10-19/h4-5,7,11-13,19H,1,6,8-10H2,2-3H3. The summed E-state index contributed by atoms with van der Waals surface area (Å²) in [4.78, 5) is 26.9. The molecule has 4 nitrogen and oxygen atoms in total. The number of carbonyl (C=O) groups excluding carboxylic acids is 2. The van der Waals surface area contributed by atoms with Gasteiger partial charge in [0.05, 0.1) is 11.8 Å². The van der Waals surface area contributed by atoms with Gasteiger partial charge in [-0.1, -0.05) is 32.1 Å². The van der Waals surface area contributed by atoms with Crippen LogP contribution < -0.4 is 0 Å². The van der Waals surface area contributed by atoms with Gasteiger partial charge in [0.25, 0.3) is 0 Å². The molecule has 4 heteroatoms. The SMILES string of the molecule is C=CCC12C=CC(C1)C1C(=O)N(CC(C)(C)CO)C(=O)C12. The van der Waals surface area contributed by atoms with Crippen molar-refractivity contribution in [1.29, 1.82) is 0 Å². The molecule has 3 rings (SSSR count). The van der Waals surface area contributed by atoms with Crippen LogP contribution in [-0.4, -0.2) is 35.0 Å². The summed E-state index contributed by atoms with van der Waals surface area (Å²) in [5, 5.41) is 9.41. The van der Waals surface area contributed by atoms with E-state index in [1.165, 1.54) is 4.90 Å². The molecule has 2 bridgehead atoms. The lowest BCUT2D eigenvalue weighted by Crippen LogP contribution is -2.42. The Labute approximate surface area is 125 Å². The molecule has 2 fully saturated rings. The number of nitrogens with zero attached hydrogens (tertiary/aromatic N) is 1. The molecule has 0 radical (unpaired) electrons. The fourth-order valence-electron chi connectivity index (χ4n) is 4.33. The minimum atomic E-state index is -0.456. The third-order valence-electron chi connectivity index (χ3n) is 5.35. The first-order valence-electron chi connectivity index (χ1n) is 7.61. The van der Waals surface area contributed by atoms with Crippen molar-refractivity contribution in [3.63, 3.8) is 0 Å². The summed E-state index contributed by atoms with van der Waals surface area (Å²) in [7, 11) is 0. The van der Waals surface area contributed by atoms with Gasteiger partial charge in [-0.25, -0.2) is 0 Å². The molecule has 4 atom stereocenters. The molecular weight excluding hydrogens is 266 g/mol. The Morgan fingerprint density at radius 2 is 2.19 bits per heavy atom. The van der Waals surface area contributed by atoms with E-state index in [4.69, 9.17) is 0 Å². The molecule has 0 aromatic heterocycles. The van der Waals surface area contributed by atoms with Gasteiger partial charge in [-0.3, -0.25) is 14.5 Å². The molecule has 1 N–H and O–H groups in total. The zero-order valence-corrected chi connectivity index (χ0v) is 12.7. The van der Waals surface area contributed by atoms with Crippen molar-refractivity contribution in [3.05, 3.63) is 24.8 Å². The monoisotopic (exact) mass is 289 g/mol. The molecule has 21 heavy (non-hydrogen) atoms. The highest BCUT2D eigenvalue weighted by atomic mass is 16.3. The Hall–Kier alpha value is -1.42. The maximum atomic E-state index is 12.8. The van der Waals surface area contributed by atoms with Gasteiger partial charge in [-0.15, -0.1) is 6.58 Å². The molecule has 1 heterocycles. The van der Waals surface area contributed by atoms with E-state index < -0.39 is 5.41 Å². The van der Waals surface area contributed by atoms with Crippen LogP contribution in [-0.2, 0) is 9.59 Å². The minimum absolute atomic E-state index is 0.0428. The van der Waals surface area contributed by atoms with Crippen LogP contribution >= 0.6 is 0 Å². The Morgan fingerprint density at radius 3 is 2.81 bits per heavy atom. The average molecular weight is 289 g/mol. The second-order valence-electron chi connectivity index (χ2n) is 7.54. The van der Waals surface area contributed by atoms with Crippen molar-refractivity contribution in [2.45, 2.75) is 26.7 Å². The second kappa shape index (κ2) is 4.54. The third-order valence-corrected chi connectivity index (χ3v) is 5.35. The number of allylic oxidation sites excluding steroid dienone is 3. The normalized spacial score (nSPS) is 37.5. The van der Waals surface area contributed by atoms with E-state index in [1.54, 1.807) is 0 Å². The topological polar surface area (TPSA) is 57.6 Å². The molecule has 4 unspecified atom stereocenters. The quantitative estimate of drug-likeness (QED) is 0.620. The average Bonchev–Trinajstić information content (AvgIpc) is 3.05. The molecule has 1 saturated heterocycles. The molecule has 3 aliphatic rings. The highest BCUT2D eigenvalue weighted by Gasteiger charge is 2.65. The Morgan fingerprint density at radius 1 is 1.48 bits per heavy atom. The highest BCUT2D eigenvalue weighted by Crippen LogP contribution is 2.61. The molecule has 114 valence electrons. The number of rotatable bonds is 5. The smallest absolute Gasteiger partial charge is 0.234 e. The molecular formula is C17H23NO3. The lowest BCUT2D eigenvalue weighted by atomic mass is 9.72. The molecule has 1 aliphatic heterocycles. The summed E-state index contributed by atoms with van der Waals surface area (Å²) in [5.41, 5.74) is -0.663. The molecule has 2 amide bonds. The van der Waals surface area contributed by atoms with Crippen LogP contribution in [0.5, 0.6) is 0 Å². The largest absolute Gasteiger partial charge is 0.396 e. The van der Waals surface area contributed by atoms with E-state index >= 15 is 0 Å². The highest BCUT2D eigenvalue weighted by molar-refractivity contribution is 6.06. The lowest BCUT2D eigenvalue weighted by Gasteiger charge is -2.31. The van der Waals surface area contributed by atoms with Crippen molar-refractivity contribution in [3.8, 4) is 0 Å². The number of hydrogen-bond donors (Lipinski definition) is 1. The number of imide groups is 1. The fourth-order valence-corrected chi connectivity index (χ4v) is 4.33. The van der Waals surface area contributed by atoms with Crippen molar-refractivity contribution >= 4 is 11.8 Å². The van der Waals surface area contributed by atoms with E-state index in [2.05, 4.69) is 18.7 Å². The number of aliphatic hydroxyl groups excluding tert-OH is 1. The van der Waals surface area contributed by atoms with Crippen LogP contribution in [0.2, 0.25) is 0 Å². The summed E-state index contributed by atoms with van der Waals surface area (Å²) < 4.78 is 0. The van der Waals surface area contributed by atoms with Crippen molar-refractivity contribution in [2.24, 2.45) is 28.6 Å². The lowest BCUT2D eigenvalue weighted by molar-refractivity contribution is -0.143. The van der Waals surface area contributed by atoms with E-state index in [0.717, 1.165) is 12.8 Å². The predicted octanol–water partition coefficient (Wildman–Crippen LogP) is 1.76. The number of hydrogen-bond acceptors (Lipinski definition) is 3. The molecule has 2 aliphatic carbocycles. The number of carbonyl (C=O) groups is 2. The Bertz CT molecular complexity index is 536. The number of fused-ring (bicyclic) bond motifs is 5. The van der Waals surface area contributed by atoms with Gasteiger partial charge in [-0.05, 0) is 18.8 Å². The third kappa shape index (κ3) is 1.92. The maximum Gasteiger partial charge on any atom is 0.234 e. The Kier molecular flexibility index (Phi) is 3.14. The van der Waals surface area contributed by atoms with E-state index in [9.17, 15) is 14.7 Å². The minimum Gasteiger partial charge on any atom is -0.396 e. The second-order valence-corrected chi connectivity index (χ2v) is 7.54. The van der Waals surface area contributed by atoms with Gasteiger partial charge in [0.1, 0.15) is 0 Å². The zero-order valence-electron chi connectivity index (χ0n) is 12.7. The van der Waals surface area contributed by atoms with Crippen LogP contribution in [0.1, 0.15) is 26.7 Å². The number of aliphatic hydroxyl groups is 1. The molecule has 0 spiro atoms. The summed E-state index contributed by atoms with van der Waals surface area (Å²) in [6.45, 7) is 7.80. The van der Waals surface area contributed by atoms with E-state index in [-0.39, 0.29) is 41.6 Å². The van der Waals surface area contributed by atoms with E-state index in [1.807, 2.05) is 19.9 Å². The summed E-state index contributed by atoms with van der Waals surface area (Å²) in [6, 6.07) is 0.